The van der Waals surface area contributed by atoms with Crippen molar-refractivity contribution in [1.82, 2.24) is 0 Å². The van der Waals surface area contributed by atoms with Crippen LogP contribution in [0.15, 0.2) is 5.16 Å². The number of carbonyl (C=O) groups is 2. The number of aliphatic hydroxyl groups is 3. The minimum absolute atomic E-state index is 0.0521. The third-order valence-corrected chi connectivity index (χ3v) is 8.11. The molecule has 0 aromatic heterocycles. The third-order valence-electron chi connectivity index (χ3n) is 8.11. The van der Waals surface area contributed by atoms with Gasteiger partial charge in [0, 0.05) is 24.2 Å². The minimum atomic E-state index is -1.83. The number of rotatable bonds is 4. The van der Waals surface area contributed by atoms with Crippen molar-refractivity contribution in [3.8, 4) is 0 Å². The van der Waals surface area contributed by atoms with Crippen molar-refractivity contribution in [2.75, 3.05) is 6.61 Å². The summed E-state index contributed by atoms with van der Waals surface area (Å²) in [5.41, 5.74) is -2.85. The zero-order chi connectivity index (χ0) is 29.0. The maximum atomic E-state index is 13.1. The van der Waals surface area contributed by atoms with Crippen LogP contribution in [0.4, 0.5) is 0 Å². The van der Waals surface area contributed by atoms with Gasteiger partial charge in [-0.1, -0.05) is 32.9 Å². The predicted octanol–water partition coefficient (Wildman–Crippen LogP) is 2.26. The van der Waals surface area contributed by atoms with E-state index in [0.717, 1.165) is 0 Å². The molecule has 4 N–H and O–H groups in total. The molecule has 11 nitrogen and oxygen atoms in total. The van der Waals surface area contributed by atoms with E-state index in [1.165, 1.54) is 6.92 Å². The van der Waals surface area contributed by atoms with E-state index in [9.17, 15) is 30.1 Å². The lowest BCUT2D eigenvalue weighted by Gasteiger charge is -2.42. The van der Waals surface area contributed by atoms with Crippen LogP contribution in [0.5, 0.6) is 0 Å². The standard InChI is InChI=1S/C27H47NO10/c1-14-9-20(37-19(6)23(14)36-13-29)38-22-16(3)11-26(7,32)10-15(2)21(28-34)17(4)24(30)27(8,33)12-35-25(31)18(22)5/h13-20,22-24,30,32-34H,9-12H2,1-8H3/b28-21+/t14?,15-,16-,17?,18?,19?,20+,22+,23-,24?,26-,27-/m1/s1. The highest BCUT2D eigenvalue weighted by Crippen LogP contribution is 2.36. The van der Waals surface area contributed by atoms with E-state index in [2.05, 4.69) is 5.16 Å². The van der Waals surface area contributed by atoms with Gasteiger partial charge in [-0.05, 0) is 46.5 Å². The number of hydrogen-bond donors (Lipinski definition) is 4. The molecule has 0 bridgehead atoms. The number of hydrogen-bond acceptors (Lipinski definition) is 11. The lowest BCUT2D eigenvalue weighted by Crippen LogP contribution is -2.52. The summed E-state index contributed by atoms with van der Waals surface area (Å²) in [5.74, 6) is -3.01. The van der Waals surface area contributed by atoms with Crippen molar-refractivity contribution in [2.45, 2.75) is 117 Å². The van der Waals surface area contributed by atoms with Crippen LogP contribution in [0.2, 0.25) is 0 Å². The number of oxime groups is 1. The smallest absolute Gasteiger partial charge is 0.311 e. The molecule has 2 saturated heterocycles. The van der Waals surface area contributed by atoms with Crippen molar-refractivity contribution < 1.29 is 49.1 Å². The van der Waals surface area contributed by atoms with Crippen LogP contribution >= 0.6 is 0 Å². The van der Waals surface area contributed by atoms with Gasteiger partial charge >= 0.3 is 5.97 Å². The molecule has 2 aliphatic rings. The number of cyclic esters (lactones) is 1. The highest BCUT2D eigenvalue weighted by molar-refractivity contribution is 5.88. The second-order valence-electron chi connectivity index (χ2n) is 12.1. The van der Waals surface area contributed by atoms with Crippen molar-refractivity contribution >= 4 is 18.2 Å². The summed E-state index contributed by atoms with van der Waals surface area (Å²) in [6.45, 7) is 13.6. The molecule has 12 atom stereocenters. The molecule has 0 amide bonds. The summed E-state index contributed by atoms with van der Waals surface area (Å²) in [4.78, 5) is 24.0. The molecule has 0 radical (unpaired) electrons. The number of aliphatic hydroxyl groups excluding tert-OH is 1. The first-order valence-electron chi connectivity index (χ1n) is 13.5. The Morgan fingerprint density at radius 1 is 1.00 bits per heavy atom. The van der Waals surface area contributed by atoms with Crippen LogP contribution in [-0.4, -0.2) is 87.2 Å². The highest BCUT2D eigenvalue weighted by atomic mass is 16.7. The molecule has 0 aromatic carbocycles. The third kappa shape index (κ3) is 7.88. The summed E-state index contributed by atoms with van der Waals surface area (Å²) < 4.78 is 23.0. The van der Waals surface area contributed by atoms with Crippen molar-refractivity contribution in [3.63, 3.8) is 0 Å². The van der Waals surface area contributed by atoms with E-state index >= 15 is 0 Å². The normalized spacial score (nSPS) is 47.1. The van der Waals surface area contributed by atoms with E-state index in [4.69, 9.17) is 18.9 Å². The van der Waals surface area contributed by atoms with Gasteiger partial charge in [0.25, 0.3) is 6.47 Å². The number of carbonyl (C=O) groups excluding carboxylic acids is 2. The van der Waals surface area contributed by atoms with Crippen LogP contribution in [0.1, 0.15) is 74.7 Å². The quantitative estimate of drug-likeness (QED) is 0.178. The summed E-state index contributed by atoms with van der Waals surface area (Å²) >= 11 is 0. The van der Waals surface area contributed by atoms with Gasteiger partial charge in [-0.3, -0.25) is 9.59 Å². The number of ether oxygens (including phenoxy) is 4. The van der Waals surface area contributed by atoms with E-state index in [1.54, 1.807) is 34.6 Å². The second-order valence-corrected chi connectivity index (χ2v) is 12.1. The first kappa shape index (κ1) is 32.4. The van der Waals surface area contributed by atoms with Crippen molar-refractivity contribution in [1.29, 1.82) is 0 Å². The Labute approximate surface area is 225 Å². The van der Waals surface area contributed by atoms with Crippen LogP contribution in [0, 0.1) is 29.6 Å². The summed E-state index contributed by atoms with van der Waals surface area (Å²) in [6.07, 6.45) is -2.77. The Morgan fingerprint density at radius 3 is 2.18 bits per heavy atom. The molecule has 2 heterocycles. The summed E-state index contributed by atoms with van der Waals surface area (Å²) in [6, 6.07) is 0. The fourth-order valence-electron chi connectivity index (χ4n) is 6.15. The van der Waals surface area contributed by atoms with Gasteiger partial charge in [-0.2, -0.15) is 0 Å². The Hall–Kier alpha value is -1.79. The highest BCUT2D eigenvalue weighted by Gasteiger charge is 2.44. The first-order valence-corrected chi connectivity index (χ1v) is 13.5. The van der Waals surface area contributed by atoms with E-state index in [1.807, 2.05) is 13.8 Å². The second kappa shape index (κ2) is 13.0. The molecule has 2 fully saturated rings. The van der Waals surface area contributed by atoms with Crippen LogP contribution < -0.4 is 0 Å². The summed E-state index contributed by atoms with van der Waals surface area (Å²) in [7, 11) is 0. The van der Waals surface area contributed by atoms with Crippen molar-refractivity contribution in [2.24, 2.45) is 34.7 Å². The molecule has 0 spiro atoms. The number of esters is 1. The molecule has 5 unspecified atom stereocenters. The number of nitrogens with zero attached hydrogens (tertiary/aromatic N) is 1. The topological polar surface area (TPSA) is 164 Å². The van der Waals surface area contributed by atoms with E-state index in [0.29, 0.717) is 12.9 Å². The zero-order valence-corrected chi connectivity index (χ0v) is 23.9. The van der Waals surface area contributed by atoms with Crippen LogP contribution in [0.25, 0.3) is 0 Å². The largest absolute Gasteiger partial charge is 0.462 e. The van der Waals surface area contributed by atoms with Gasteiger partial charge in [-0.15, -0.1) is 0 Å². The van der Waals surface area contributed by atoms with Gasteiger partial charge in [-0.25, -0.2) is 0 Å². The van der Waals surface area contributed by atoms with Gasteiger partial charge in [0.2, 0.25) is 0 Å². The molecule has 0 aliphatic carbocycles. The van der Waals surface area contributed by atoms with E-state index in [-0.39, 0.29) is 30.4 Å². The zero-order valence-electron chi connectivity index (χ0n) is 23.9. The van der Waals surface area contributed by atoms with Gasteiger partial charge in [0.05, 0.1) is 35.5 Å². The molecular weight excluding hydrogens is 498 g/mol. The Morgan fingerprint density at radius 2 is 1.63 bits per heavy atom. The van der Waals surface area contributed by atoms with Gasteiger partial charge in [0.15, 0.2) is 6.29 Å². The molecular formula is C27H47NO10. The Bertz CT molecular complexity index is 819. The Balaban J connectivity index is 2.37. The fourth-order valence-corrected chi connectivity index (χ4v) is 6.15. The maximum absolute atomic E-state index is 13.1. The van der Waals surface area contributed by atoms with Crippen molar-refractivity contribution in [3.05, 3.63) is 0 Å². The van der Waals surface area contributed by atoms with Gasteiger partial charge < -0.3 is 39.5 Å². The molecule has 220 valence electrons. The first-order chi connectivity index (χ1) is 17.5. The molecule has 2 aliphatic heterocycles. The molecule has 2 rings (SSSR count). The minimum Gasteiger partial charge on any atom is -0.462 e. The summed E-state index contributed by atoms with van der Waals surface area (Å²) in [5, 5.41) is 46.2. The predicted molar refractivity (Wildman–Crippen MR) is 137 cm³/mol. The SMILES string of the molecule is CC1/C(=N/O)[C@H](C)C[C@@](C)(O)C[C@@H](C)[C@H](O[C@H]2CC(C)[C@@H](OC=O)C(C)O2)C(C)C(=O)OC[C@@](C)(O)C1O. The van der Waals surface area contributed by atoms with E-state index < -0.39 is 72.2 Å². The van der Waals surface area contributed by atoms with Gasteiger partial charge in [0.1, 0.15) is 18.3 Å². The lowest BCUT2D eigenvalue weighted by atomic mass is 9.76. The average molecular weight is 546 g/mol. The van der Waals surface area contributed by atoms with Crippen LogP contribution in [0.3, 0.4) is 0 Å². The van der Waals surface area contributed by atoms with Crippen LogP contribution in [-0.2, 0) is 28.5 Å². The lowest BCUT2D eigenvalue weighted by molar-refractivity contribution is -0.263. The molecule has 0 aromatic rings. The molecule has 0 saturated carbocycles. The fraction of sp³-hybridized carbons (Fsp3) is 0.889. The Kier molecular flexibility index (Phi) is 11.1. The average Bonchev–Trinajstić information content (AvgIpc) is 2.81. The monoisotopic (exact) mass is 545 g/mol. The maximum Gasteiger partial charge on any atom is 0.311 e. The molecule has 38 heavy (non-hydrogen) atoms. The molecule has 11 heteroatoms.